The number of anilines is 2. The molecule has 1 amide bonds. The van der Waals surface area contributed by atoms with E-state index in [1.165, 1.54) is 0 Å². The summed E-state index contributed by atoms with van der Waals surface area (Å²) in [6, 6.07) is 8.01. The van der Waals surface area contributed by atoms with Gasteiger partial charge in [-0.15, -0.1) is 0 Å². The van der Waals surface area contributed by atoms with Gasteiger partial charge in [-0.05, 0) is 38.8 Å². The van der Waals surface area contributed by atoms with Gasteiger partial charge in [0, 0.05) is 26.1 Å². The Labute approximate surface area is 180 Å². The summed E-state index contributed by atoms with van der Waals surface area (Å²) >= 11 is 1.64. The summed E-state index contributed by atoms with van der Waals surface area (Å²) in [6.45, 7) is 4.83. The fourth-order valence-electron chi connectivity index (χ4n) is 3.97. The van der Waals surface area contributed by atoms with Gasteiger partial charge in [-0.25, -0.2) is 17.7 Å². The molecule has 0 saturated carbocycles. The van der Waals surface area contributed by atoms with Crippen LogP contribution in [0.1, 0.15) is 24.2 Å². The molecule has 30 heavy (non-hydrogen) atoms. The number of carbonyl (C=O) groups excluding carboxylic acids is 1. The molecule has 10 heteroatoms. The molecule has 1 fully saturated rings. The minimum atomic E-state index is -3.77. The van der Waals surface area contributed by atoms with Gasteiger partial charge in [0.15, 0.2) is 5.13 Å². The van der Waals surface area contributed by atoms with Crippen LogP contribution in [0.2, 0.25) is 0 Å². The van der Waals surface area contributed by atoms with Crippen molar-refractivity contribution in [2.24, 2.45) is 13.0 Å². The van der Waals surface area contributed by atoms with Gasteiger partial charge in [0.2, 0.25) is 15.9 Å². The summed E-state index contributed by atoms with van der Waals surface area (Å²) in [7, 11) is -2.03. The number of hydrogen-bond donors (Lipinski definition) is 0. The molecule has 1 aliphatic rings. The fourth-order valence-corrected chi connectivity index (χ4v) is 6.06. The van der Waals surface area contributed by atoms with Gasteiger partial charge in [-0.3, -0.25) is 9.48 Å². The number of benzene rings is 1. The van der Waals surface area contributed by atoms with E-state index in [0.717, 1.165) is 25.9 Å². The van der Waals surface area contributed by atoms with Crippen molar-refractivity contribution in [3.8, 4) is 0 Å². The number of para-hydroxylation sites is 1. The molecule has 0 N–H and O–H groups in total. The predicted molar refractivity (Wildman–Crippen MR) is 120 cm³/mol. The summed E-state index contributed by atoms with van der Waals surface area (Å²) in [4.78, 5) is 20.2. The maximum atomic E-state index is 13.3. The molecule has 0 radical (unpaired) electrons. The Morgan fingerprint density at radius 1 is 1.20 bits per heavy atom. The van der Waals surface area contributed by atoms with Crippen LogP contribution in [0.15, 0.2) is 24.3 Å². The molecule has 0 bridgehead atoms. The van der Waals surface area contributed by atoms with Crippen molar-refractivity contribution in [3.63, 3.8) is 0 Å². The smallest absolute Gasteiger partial charge is 0.244 e. The van der Waals surface area contributed by atoms with Crippen molar-refractivity contribution in [2.45, 2.75) is 26.7 Å². The van der Waals surface area contributed by atoms with Crippen molar-refractivity contribution in [3.05, 3.63) is 35.7 Å². The Hall–Kier alpha value is -2.46. The van der Waals surface area contributed by atoms with Crippen LogP contribution >= 0.6 is 11.3 Å². The largest absolute Gasteiger partial charge is 0.348 e. The summed E-state index contributed by atoms with van der Waals surface area (Å²) in [6.07, 6.45) is 2.24. The first kappa shape index (κ1) is 20.8. The van der Waals surface area contributed by atoms with Crippen molar-refractivity contribution in [1.29, 1.82) is 0 Å². The first-order valence-corrected chi connectivity index (χ1v) is 12.5. The van der Waals surface area contributed by atoms with Crippen LogP contribution in [0.3, 0.4) is 0 Å². The van der Waals surface area contributed by atoms with Crippen LogP contribution in [0.4, 0.5) is 10.8 Å². The van der Waals surface area contributed by atoms with E-state index in [1.807, 2.05) is 18.2 Å². The lowest BCUT2D eigenvalue weighted by Crippen LogP contribution is -2.45. The number of aromatic nitrogens is 3. The number of rotatable bonds is 4. The number of aryl methyl sites for hydroxylation is 2. The highest BCUT2D eigenvalue weighted by Crippen LogP contribution is 2.34. The van der Waals surface area contributed by atoms with Crippen LogP contribution < -0.4 is 9.21 Å². The van der Waals surface area contributed by atoms with Gasteiger partial charge in [0.1, 0.15) is 5.69 Å². The molecule has 0 aliphatic carbocycles. The summed E-state index contributed by atoms with van der Waals surface area (Å²) in [5, 5.41) is 5.23. The highest BCUT2D eigenvalue weighted by Gasteiger charge is 2.37. The zero-order valence-electron chi connectivity index (χ0n) is 17.5. The lowest BCUT2D eigenvalue weighted by atomic mass is 9.96. The molecule has 8 nitrogen and oxygen atoms in total. The highest BCUT2D eigenvalue weighted by molar-refractivity contribution is 7.92. The van der Waals surface area contributed by atoms with Gasteiger partial charge < -0.3 is 4.90 Å². The van der Waals surface area contributed by atoms with E-state index in [2.05, 4.69) is 16.1 Å². The molecular weight excluding hydrogens is 422 g/mol. The number of piperidine rings is 1. The van der Waals surface area contributed by atoms with Crippen LogP contribution in [-0.4, -0.2) is 48.4 Å². The Balaban J connectivity index is 1.54. The lowest BCUT2D eigenvalue weighted by molar-refractivity contribution is -0.121. The predicted octanol–water partition coefficient (Wildman–Crippen LogP) is 2.86. The van der Waals surface area contributed by atoms with Crippen LogP contribution in [0.5, 0.6) is 0 Å². The number of amides is 1. The van der Waals surface area contributed by atoms with E-state index < -0.39 is 10.0 Å². The second kappa shape index (κ2) is 7.66. The maximum Gasteiger partial charge on any atom is 0.244 e. The van der Waals surface area contributed by atoms with Crippen LogP contribution in [-0.2, 0) is 21.9 Å². The minimum absolute atomic E-state index is 0.357. The Morgan fingerprint density at radius 2 is 1.87 bits per heavy atom. The number of carbonyl (C=O) groups is 1. The van der Waals surface area contributed by atoms with Gasteiger partial charge in [-0.2, -0.15) is 5.10 Å². The zero-order valence-corrected chi connectivity index (χ0v) is 19.1. The molecule has 1 aromatic carbocycles. The molecular formula is C20H25N5O3S2. The average Bonchev–Trinajstić information content (AvgIpc) is 3.23. The zero-order chi connectivity index (χ0) is 21.6. The van der Waals surface area contributed by atoms with Crippen molar-refractivity contribution >= 4 is 48.3 Å². The maximum absolute atomic E-state index is 13.3. The normalized spacial score (nSPS) is 15.7. The van der Waals surface area contributed by atoms with E-state index in [9.17, 15) is 13.2 Å². The van der Waals surface area contributed by atoms with E-state index >= 15 is 0 Å². The van der Waals surface area contributed by atoms with E-state index in [0.29, 0.717) is 43.0 Å². The van der Waals surface area contributed by atoms with Crippen LogP contribution in [0, 0.1) is 19.8 Å². The third-order valence-electron chi connectivity index (χ3n) is 5.60. The molecule has 3 aromatic rings. The number of thiazole rings is 1. The minimum Gasteiger partial charge on any atom is -0.348 e. The number of nitrogens with zero attached hydrogens (tertiary/aromatic N) is 5. The quantitative estimate of drug-likeness (QED) is 0.611. The van der Waals surface area contributed by atoms with E-state index in [-0.39, 0.29) is 11.8 Å². The first-order chi connectivity index (χ1) is 14.2. The topological polar surface area (TPSA) is 88.4 Å². The third kappa shape index (κ3) is 3.69. The van der Waals surface area contributed by atoms with Gasteiger partial charge in [-0.1, -0.05) is 23.5 Å². The molecule has 1 aliphatic heterocycles. The molecule has 0 spiro atoms. The monoisotopic (exact) mass is 447 g/mol. The highest BCUT2D eigenvalue weighted by atomic mass is 32.2. The van der Waals surface area contributed by atoms with E-state index in [4.69, 9.17) is 4.98 Å². The molecule has 2 aromatic heterocycles. The van der Waals surface area contributed by atoms with Gasteiger partial charge in [0.05, 0.1) is 27.9 Å². The molecule has 3 heterocycles. The van der Waals surface area contributed by atoms with Gasteiger partial charge in [0.25, 0.3) is 0 Å². The average molecular weight is 448 g/mol. The standard InChI is InChI=1S/C20H25N5O3S2/c1-13-18(14(2)23(3)22-13)25(30(4,27)28)19(26)15-9-11-24(12-10-15)20-21-16-7-5-6-8-17(16)29-20/h5-8,15H,9-12H2,1-4H3. The van der Waals surface area contributed by atoms with Crippen molar-refractivity contribution < 1.29 is 13.2 Å². The second-order valence-corrected chi connectivity index (χ2v) is 10.6. The van der Waals surface area contributed by atoms with Gasteiger partial charge >= 0.3 is 0 Å². The molecule has 0 atom stereocenters. The summed E-state index contributed by atoms with van der Waals surface area (Å²) in [5.41, 5.74) is 2.53. The molecule has 1 saturated heterocycles. The third-order valence-corrected chi connectivity index (χ3v) is 7.73. The number of fused-ring (bicyclic) bond motifs is 1. The Morgan fingerprint density at radius 3 is 2.43 bits per heavy atom. The Kier molecular flexibility index (Phi) is 5.31. The van der Waals surface area contributed by atoms with E-state index in [1.54, 1.807) is 36.9 Å². The van der Waals surface area contributed by atoms with Crippen molar-refractivity contribution in [1.82, 2.24) is 14.8 Å². The first-order valence-electron chi connectivity index (χ1n) is 9.81. The van der Waals surface area contributed by atoms with Crippen LogP contribution in [0.25, 0.3) is 10.2 Å². The summed E-state index contributed by atoms with van der Waals surface area (Å²) in [5.74, 6) is -0.731. The second-order valence-electron chi connectivity index (χ2n) is 7.73. The lowest BCUT2D eigenvalue weighted by Gasteiger charge is -2.33. The SMILES string of the molecule is Cc1nn(C)c(C)c1N(C(=O)C1CCN(c2nc3ccccc3s2)CC1)S(C)(=O)=O. The number of hydrogen-bond acceptors (Lipinski definition) is 7. The summed E-state index contributed by atoms with van der Waals surface area (Å²) < 4.78 is 28.8. The Bertz CT molecular complexity index is 1170. The number of sulfonamides is 1. The fraction of sp³-hybridized carbons (Fsp3) is 0.450. The molecule has 4 rings (SSSR count). The molecule has 160 valence electrons. The van der Waals surface area contributed by atoms with Crippen molar-refractivity contribution in [2.75, 3.05) is 28.6 Å². The molecule has 0 unspecified atom stereocenters.